The highest BCUT2D eigenvalue weighted by Crippen LogP contribution is 2.20. The van der Waals surface area contributed by atoms with E-state index in [1.54, 1.807) is 12.1 Å². The van der Waals surface area contributed by atoms with E-state index in [0.717, 1.165) is 16.6 Å². The molecule has 0 aromatic heterocycles. The van der Waals surface area contributed by atoms with Crippen LogP contribution in [0.15, 0.2) is 46.9 Å². The van der Waals surface area contributed by atoms with Gasteiger partial charge < -0.3 is 11.5 Å². The van der Waals surface area contributed by atoms with Gasteiger partial charge in [0, 0.05) is 28.8 Å². The number of carbonyl (C=O) groups is 1. The van der Waals surface area contributed by atoms with Gasteiger partial charge in [-0.2, -0.15) is 0 Å². The Hall–Kier alpha value is -1.85. The molecule has 0 atom stereocenters. The maximum atomic E-state index is 11.1. The number of nitrogen functional groups attached to an aromatic ring is 1. The molecule has 0 heterocycles. The van der Waals surface area contributed by atoms with Crippen LogP contribution >= 0.6 is 15.9 Å². The van der Waals surface area contributed by atoms with E-state index in [9.17, 15) is 4.79 Å². The maximum absolute atomic E-state index is 11.1. The van der Waals surface area contributed by atoms with Crippen LogP contribution < -0.4 is 11.5 Å². The largest absolute Gasteiger partial charge is 0.398 e. The number of nitrogens with zero attached hydrogens (tertiary/aromatic N) is 1. The lowest BCUT2D eigenvalue weighted by Crippen LogP contribution is -2.19. The van der Waals surface area contributed by atoms with E-state index in [1.165, 1.54) is 5.56 Å². The zero-order valence-corrected chi connectivity index (χ0v) is 13.4. The quantitative estimate of drug-likeness (QED) is 0.816. The summed E-state index contributed by atoms with van der Waals surface area (Å²) in [6.07, 6.45) is 0. The molecule has 2 rings (SSSR count). The summed E-state index contributed by atoms with van der Waals surface area (Å²) in [7, 11) is 2.03. The highest BCUT2D eigenvalue weighted by molar-refractivity contribution is 9.10. The first-order valence-electron chi connectivity index (χ1n) is 6.57. The Balaban J connectivity index is 2.08. The predicted molar refractivity (Wildman–Crippen MR) is 88.7 cm³/mol. The Bertz CT molecular complexity index is 658. The van der Waals surface area contributed by atoms with Crippen molar-refractivity contribution in [2.75, 3.05) is 12.8 Å². The molecule has 5 heteroatoms. The number of anilines is 1. The monoisotopic (exact) mass is 347 g/mol. The molecule has 0 spiro atoms. The van der Waals surface area contributed by atoms with Gasteiger partial charge in [0.15, 0.2) is 0 Å². The lowest BCUT2D eigenvalue weighted by molar-refractivity contribution is 0.100. The molecule has 0 aliphatic heterocycles. The Labute approximate surface area is 132 Å². The van der Waals surface area contributed by atoms with E-state index in [1.807, 2.05) is 31.3 Å². The second-order valence-corrected chi connectivity index (χ2v) is 5.90. The van der Waals surface area contributed by atoms with Crippen LogP contribution in [0.1, 0.15) is 21.5 Å². The Kier molecular flexibility index (Phi) is 4.98. The number of hydrogen-bond acceptors (Lipinski definition) is 3. The highest BCUT2D eigenvalue weighted by Gasteiger charge is 2.09. The Morgan fingerprint density at radius 2 is 1.81 bits per heavy atom. The fourth-order valence-electron chi connectivity index (χ4n) is 2.16. The van der Waals surface area contributed by atoms with Crippen molar-refractivity contribution >= 4 is 27.5 Å². The highest BCUT2D eigenvalue weighted by atomic mass is 79.9. The van der Waals surface area contributed by atoms with Crippen LogP contribution in [0.25, 0.3) is 0 Å². The SMILES string of the molecule is CN(Cc1ccc(C(N)=O)cc1N)Cc1ccccc1Br. The first-order valence-corrected chi connectivity index (χ1v) is 7.37. The molecular weight excluding hydrogens is 330 g/mol. The van der Waals surface area contributed by atoms with Crippen molar-refractivity contribution in [1.29, 1.82) is 0 Å². The van der Waals surface area contributed by atoms with Gasteiger partial charge in [-0.05, 0) is 36.4 Å². The summed E-state index contributed by atoms with van der Waals surface area (Å²) in [6, 6.07) is 13.3. The summed E-state index contributed by atoms with van der Waals surface area (Å²) in [5, 5.41) is 0. The molecule has 21 heavy (non-hydrogen) atoms. The molecular formula is C16H18BrN3O. The zero-order chi connectivity index (χ0) is 15.4. The maximum Gasteiger partial charge on any atom is 0.248 e. The summed E-state index contributed by atoms with van der Waals surface area (Å²) >= 11 is 3.55. The first kappa shape index (κ1) is 15.5. The number of benzene rings is 2. The van der Waals surface area contributed by atoms with Crippen LogP contribution in [0.4, 0.5) is 5.69 Å². The molecule has 0 unspecified atom stereocenters. The summed E-state index contributed by atoms with van der Waals surface area (Å²) in [4.78, 5) is 13.3. The predicted octanol–water partition coefficient (Wildman–Crippen LogP) is 2.76. The number of halogens is 1. The van der Waals surface area contributed by atoms with Gasteiger partial charge >= 0.3 is 0 Å². The fourth-order valence-corrected chi connectivity index (χ4v) is 2.57. The molecule has 0 fully saturated rings. The smallest absolute Gasteiger partial charge is 0.248 e. The van der Waals surface area contributed by atoms with E-state index in [-0.39, 0.29) is 0 Å². The number of hydrogen-bond donors (Lipinski definition) is 2. The molecule has 0 bridgehead atoms. The molecule has 0 aliphatic rings. The standard InChI is InChI=1S/C16H18BrN3O/c1-20(9-12-4-2-3-5-14(12)17)10-13-7-6-11(16(19)21)8-15(13)18/h2-8H,9-10,18H2,1H3,(H2,19,21). The normalized spacial score (nSPS) is 10.8. The van der Waals surface area contributed by atoms with Crippen LogP contribution in [0.2, 0.25) is 0 Å². The van der Waals surface area contributed by atoms with Gasteiger partial charge in [-0.1, -0.05) is 40.2 Å². The molecule has 4 N–H and O–H groups in total. The minimum absolute atomic E-state index is 0.435. The summed E-state index contributed by atoms with van der Waals surface area (Å²) in [6.45, 7) is 1.50. The molecule has 2 aromatic carbocycles. The van der Waals surface area contributed by atoms with E-state index >= 15 is 0 Å². The third-order valence-corrected chi connectivity index (χ3v) is 4.04. The minimum Gasteiger partial charge on any atom is -0.398 e. The Morgan fingerprint density at radius 1 is 1.14 bits per heavy atom. The van der Waals surface area contributed by atoms with Gasteiger partial charge in [0.25, 0.3) is 0 Å². The fraction of sp³-hybridized carbons (Fsp3) is 0.188. The molecule has 0 saturated heterocycles. The molecule has 110 valence electrons. The van der Waals surface area contributed by atoms with E-state index in [2.05, 4.69) is 26.9 Å². The van der Waals surface area contributed by atoms with Crippen LogP contribution in [0.3, 0.4) is 0 Å². The third-order valence-electron chi connectivity index (χ3n) is 3.27. The number of amides is 1. The molecule has 4 nitrogen and oxygen atoms in total. The number of carbonyl (C=O) groups excluding carboxylic acids is 1. The summed E-state index contributed by atoms with van der Waals surface area (Å²) in [5.41, 5.74) is 14.4. The van der Waals surface area contributed by atoms with Gasteiger partial charge in [-0.3, -0.25) is 9.69 Å². The topological polar surface area (TPSA) is 72.3 Å². The molecule has 0 radical (unpaired) electrons. The van der Waals surface area contributed by atoms with Crippen molar-refractivity contribution in [2.45, 2.75) is 13.1 Å². The van der Waals surface area contributed by atoms with Gasteiger partial charge in [-0.15, -0.1) is 0 Å². The average molecular weight is 348 g/mol. The number of primary amides is 1. The van der Waals surface area contributed by atoms with E-state index in [4.69, 9.17) is 11.5 Å². The van der Waals surface area contributed by atoms with Crippen molar-refractivity contribution in [1.82, 2.24) is 4.90 Å². The third kappa shape index (κ3) is 4.06. The second kappa shape index (κ2) is 6.74. The summed E-state index contributed by atoms with van der Waals surface area (Å²) in [5.74, 6) is -0.463. The molecule has 0 aliphatic carbocycles. The van der Waals surface area contributed by atoms with E-state index in [0.29, 0.717) is 17.8 Å². The van der Waals surface area contributed by atoms with Gasteiger partial charge in [0.1, 0.15) is 0 Å². The van der Waals surface area contributed by atoms with Crippen molar-refractivity contribution in [3.8, 4) is 0 Å². The molecule has 0 saturated carbocycles. The van der Waals surface area contributed by atoms with Crippen molar-refractivity contribution in [3.63, 3.8) is 0 Å². The van der Waals surface area contributed by atoms with Crippen LogP contribution in [0, 0.1) is 0 Å². The Morgan fingerprint density at radius 3 is 2.43 bits per heavy atom. The summed E-state index contributed by atoms with van der Waals surface area (Å²) < 4.78 is 1.09. The lowest BCUT2D eigenvalue weighted by Gasteiger charge is -2.19. The van der Waals surface area contributed by atoms with Crippen LogP contribution in [0.5, 0.6) is 0 Å². The average Bonchev–Trinajstić information content (AvgIpc) is 2.43. The van der Waals surface area contributed by atoms with Gasteiger partial charge in [0.2, 0.25) is 5.91 Å². The number of rotatable bonds is 5. The van der Waals surface area contributed by atoms with Crippen LogP contribution in [-0.4, -0.2) is 17.9 Å². The van der Waals surface area contributed by atoms with E-state index < -0.39 is 5.91 Å². The molecule has 1 amide bonds. The first-order chi connectivity index (χ1) is 9.97. The minimum atomic E-state index is -0.463. The van der Waals surface area contributed by atoms with Crippen molar-refractivity contribution < 1.29 is 4.79 Å². The zero-order valence-electron chi connectivity index (χ0n) is 11.8. The van der Waals surface area contributed by atoms with Gasteiger partial charge in [0.05, 0.1) is 0 Å². The second-order valence-electron chi connectivity index (χ2n) is 5.04. The number of nitrogens with two attached hydrogens (primary N) is 2. The van der Waals surface area contributed by atoms with Crippen LogP contribution in [-0.2, 0) is 13.1 Å². The van der Waals surface area contributed by atoms with Gasteiger partial charge in [-0.25, -0.2) is 0 Å². The lowest BCUT2D eigenvalue weighted by atomic mass is 10.1. The van der Waals surface area contributed by atoms with Crippen molar-refractivity contribution in [2.24, 2.45) is 5.73 Å². The molecule has 2 aromatic rings. The van der Waals surface area contributed by atoms with Crippen molar-refractivity contribution in [3.05, 3.63) is 63.6 Å².